The molecular formula is C29H35ClFN5O4. The summed E-state index contributed by atoms with van der Waals surface area (Å²) in [5.41, 5.74) is -0.983. The number of anilines is 3. The zero-order valence-corrected chi connectivity index (χ0v) is 23.9. The van der Waals surface area contributed by atoms with Crippen LogP contribution in [0.5, 0.6) is 0 Å². The summed E-state index contributed by atoms with van der Waals surface area (Å²) in [6.07, 6.45) is 6.89. The Hall–Kier alpha value is -3.40. The van der Waals surface area contributed by atoms with Crippen LogP contribution in [0.15, 0.2) is 30.5 Å². The van der Waals surface area contributed by atoms with Gasteiger partial charge in [0.1, 0.15) is 11.4 Å². The third-order valence-electron chi connectivity index (χ3n) is 7.96. The highest BCUT2D eigenvalue weighted by atomic mass is 35.5. The summed E-state index contributed by atoms with van der Waals surface area (Å²) in [5, 5.41) is 8.65. The van der Waals surface area contributed by atoms with Crippen molar-refractivity contribution in [2.24, 2.45) is 17.8 Å². The predicted octanol–water partition coefficient (Wildman–Crippen LogP) is 6.40. The van der Waals surface area contributed by atoms with E-state index in [0.29, 0.717) is 17.8 Å². The molecule has 40 heavy (non-hydrogen) atoms. The Morgan fingerprint density at radius 3 is 2.27 bits per heavy atom. The monoisotopic (exact) mass is 571 g/mol. The number of benzene rings is 1. The zero-order chi connectivity index (χ0) is 28.8. The van der Waals surface area contributed by atoms with E-state index in [2.05, 4.69) is 20.9 Å². The number of aromatic nitrogens is 1. The summed E-state index contributed by atoms with van der Waals surface area (Å²) in [6.45, 7) is 5.07. The minimum absolute atomic E-state index is 0.0272. The van der Waals surface area contributed by atoms with E-state index in [1.54, 1.807) is 20.8 Å². The molecule has 0 saturated heterocycles. The van der Waals surface area contributed by atoms with E-state index in [1.807, 2.05) is 0 Å². The smallest absolute Gasteiger partial charge is 0.420 e. The van der Waals surface area contributed by atoms with Gasteiger partial charge >= 0.3 is 12.1 Å². The van der Waals surface area contributed by atoms with Crippen LogP contribution in [0.1, 0.15) is 69.7 Å². The first-order valence-electron chi connectivity index (χ1n) is 13.6. The molecule has 4 aliphatic rings. The Kier molecular flexibility index (Phi) is 7.41. The molecule has 1 aromatic carbocycles. The van der Waals surface area contributed by atoms with Crippen LogP contribution in [-0.4, -0.2) is 41.2 Å². The fourth-order valence-electron chi connectivity index (χ4n) is 6.92. The van der Waals surface area contributed by atoms with E-state index in [-0.39, 0.29) is 33.3 Å². The van der Waals surface area contributed by atoms with Crippen LogP contribution in [0.4, 0.5) is 31.2 Å². The Labute approximate surface area is 238 Å². The van der Waals surface area contributed by atoms with Crippen LogP contribution in [0, 0.1) is 23.6 Å². The summed E-state index contributed by atoms with van der Waals surface area (Å²) < 4.78 is 20.0. The van der Waals surface area contributed by atoms with Gasteiger partial charge in [0.25, 0.3) is 5.91 Å². The Balaban J connectivity index is 1.52. The van der Waals surface area contributed by atoms with Crippen molar-refractivity contribution in [3.63, 3.8) is 0 Å². The van der Waals surface area contributed by atoms with Gasteiger partial charge in [-0.3, -0.25) is 4.79 Å². The number of hydrogen-bond acceptors (Lipinski definition) is 5. The predicted molar refractivity (Wildman–Crippen MR) is 150 cm³/mol. The lowest BCUT2D eigenvalue weighted by Crippen LogP contribution is -2.60. The largest absolute Gasteiger partial charge is 0.443 e. The van der Waals surface area contributed by atoms with Crippen LogP contribution in [0.2, 0.25) is 5.02 Å². The normalized spacial score (nSPS) is 24.8. The second kappa shape index (κ2) is 10.5. The molecule has 4 aliphatic carbocycles. The Morgan fingerprint density at radius 2 is 1.70 bits per heavy atom. The number of rotatable bonds is 5. The average molecular weight is 572 g/mol. The average Bonchev–Trinajstić information content (AvgIpc) is 2.84. The van der Waals surface area contributed by atoms with Crippen LogP contribution in [0.25, 0.3) is 0 Å². The Bertz CT molecular complexity index is 1310. The van der Waals surface area contributed by atoms with Crippen molar-refractivity contribution in [1.82, 2.24) is 15.6 Å². The highest BCUT2D eigenvalue weighted by Gasteiger charge is 2.51. The standard InChI is InChI=1S/C29H35ClFN5O4/c1-28(2,3)40-27(39)36(23-11-20(31)5-6-21(23)30)24-22(10-19(15-33-24)25(37)32-4)34-26(38)35-29-12-16-7-17(13-29)9-18(8-16)14-29/h5-6,10-11,15-18H,7-9,12-14H2,1-4H3,(H,32,37)(H2,34,35,38). The van der Waals surface area contributed by atoms with Crippen LogP contribution in [0.3, 0.4) is 0 Å². The fourth-order valence-corrected chi connectivity index (χ4v) is 7.12. The molecule has 11 heteroatoms. The number of pyridine rings is 1. The van der Waals surface area contributed by atoms with Gasteiger partial charge in [0.05, 0.1) is 22.0 Å². The molecule has 4 fully saturated rings. The van der Waals surface area contributed by atoms with Gasteiger partial charge in [-0.2, -0.15) is 0 Å². The molecule has 0 atom stereocenters. The first-order chi connectivity index (χ1) is 18.8. The number of ether oxygens (including phenoxy) is 1. The summed E-state index contributed by atoms with van der Waals surface area (Å²) in [6, 6.07) is 4.52. The van der Waals surface area contributed by atoms with Gasteiger partial charge in [0.15, 0.2) is 5.82 Å². The summed E-state index contributed by atoms with van der Waals surface area (Å²) >= 11 is 6.41. The van der Waals surface area contributed by atoms with Gasteiger partial charge in [0.2, 0.25) is 0 Å². The second-order valence-electron chi connectivity index (χ2n) is 12.4. The topological polar surface area (TPSA) is 113 Å². The van der Waals surface area contributed by atoms with Crippen LogP contribution < -0.4 is 20.9 Å². The third kappa shape index (κ3) is 5.87. The minimum atomic E-state index is -0.902. The number of carbonyl (C=O) groups is 3. The van der Waals surface area contributed by atoms with Crippen molar-refractivity contribution in [3.05, 3.63) is 46.9 Å². The molecule has 0 radical (unpaired) electrons. The van der Waals surface area contributed by atoms with E-state index in [4.69, 9.17) is 16.3 Å². The van der Waals surface area contributed by atoms with E-state index in [0.717, 1.165) is 30.2 Å². The molecule has 214 valence electrons. The second-order valence-corrected chi connectivity index (χ2v) is 12.8. The molecule has 1 heterocycles. The fraction of sp³-hybridized carbons (Fsp3) is 0.517. The maximum atomic E-state index is 14.4. The lowest BCUT2D eigenvalue weighted by molar-refractivity contribution is -0.0127. The van der Waals surface area contributed by atoms with Crippen molar-refractivity contribution < 1.29 is 23.5 Å². The number of halogens is 2. The molecule has 0 spiro atoms. The molecule has 1 aromatic heterocycles. The Morgan fingerprint density at radius 1 is 1.07 bits per heavy atom. The molecule has 2 aromatic rings. The number of urea groups is 1. The van der Waals surface area contributed by atoms with Crippen LogP contribution in [-0.2, 0) is 4.74 Å². The SMILES string of the molecule is CNC(=O)c1cnc(N(C(=O)OC(C)(C)C)c2cc(F)ccc2Cl)c(NC(=O)NC23CC4CC(CC(C4)C2)C3)c1. The lowest BCUT2D eigenvalue weighted by Gasteiger charge is -2.56. The minimum Gasteiger partial charge on any atom is -0.443 e. The lowest BCUT2D eigenvalue weighted by atomic mass is 9.53. The molecule has 4 saturated carbocycles. The van der Waals surface area contributed by atoms with E-state index in [1.165, 1.54) is 50.7 Å². The maximum Gasteiger partial charge on any atom is 0.420 e. The molecule has 3 N–H and O–H groups in total. The van der Waals surface area contributed by atoms with Crippen molar-refractivity contribution in [2.75, 3.05) is 17.3 Å². The van der Waals surface area contributed by atoms with Gasteiger partial charge < -0.3 is 20.7 Å². The molecule has 0 unspecified atom stereocenters. The maximum absolute atomic E-state index is 14.4. The van der Waals surface area contributed by atoms with Crippen molar-refractivity contribution >= 4 is 46.8 Å². The van der Waals surface area contributed by atoms with Gasteiger partial charge in [-0.25, -0.2) is 23.9 Å². The highest BCUT2D eigenvalue weighted by molar-refractivity contribution is 6.34. The molecule has 6 rings (SSSR count). The van der Waals surface area contributed by atoms with Crippen molar-refractivity contribution in [1.29, 1.82) is 0 Å². The zero-order valence-electron chi connectivity index (χ0n) is 23.1. The van der Waals surface area contributed by atoms with Crippen molar-refractivity contribution in [3.8, 4) is 0 Å². The quantitative estimate of drug-likeness (QED) is 0.384. The number of nitrogens with one attached hydrogen (secondary N) is 3. The number of hydrogen-bond donors (Lipinski definition) is 3. The van der Waals surface area contributed by atoms with Gasteiger partial charge in [-0.15, -0.1) is 0 Å². The van der Waals surface area contributed by atoms with E-state index in [9.17, 15) is 18.8 Å². The molecule has 9 nitrogen and oxygen atoms in total. The highest BCUT2D eigenvalue weighted by Crippen LogP contribution is 2.55. The van der Waals surface area contributed by atoms with Gasteiger partial charge in [-0.05, 0) is 101 Å². The van der Waals surface area contributed by atoms with E-state index < -0.39 is 29.4 Å². The van der Waals surface area contributed by atoms with Gasteiger partial charge in [-0.1, -0.05) is 11.6 Å². The van der Waals surface area contributed by atoms with E-state index >= 15 is 0 Å². The summed E-state index contributed by atoms with van der Waals surface area (Å²) in [5.74, 6) is 0.727. The number of amides is 4. The first kappa shape index (κ1) is 28.1. The molecule has 0 aliphatic heterocycles. The molecule has 4 amide bonds. The van der Waals surface area contributed by atoms with Crippen molar-refractivity contribution in [2.45, 2.75) is 70.4 Å². The molecular weight excluding hydrogens is 537 g/mol. The number of carbonyl (C=O) groups excluding carboxylic acids is 3. The number of nitrogens with zero attached hydrogens (tertiary/aromatic N) is 2. The first-order valence-corrected chi connectivity index (χ1v) is 14.0. The third-order valence-corrected chi connectivity index (χ3v) is 8.28. The summed E-state index contributed by atoms with van der Waals surface area (Å²) in [4.78, 5) is 44.9. The summed E-state index contributed by atoms with van der Waals surface area (Å²) in [7, 11) is 1.47. The van der Waals surface area contributed by atoms with Gasteiger partial charge in [0, 0.05) is 18.8 Å². The van der Waals surface area contributed by atoms with Crippen LogP contribution >= 0.6 is 11.6 Å². The molecule has 4 bridgehead atoms.